The molecule has 0 bridgehead atoms. The number of nitrogen functional groups attached to an aromatic ring is 1. The van der Waals surface area contributed by atoms with Crippen molar-refractivity contribution in [3.63, 3.8) is 0 Å². The third kappa shape index (κ3) is 3.91. The van der Waals surface area contributed by atoms with E-state index in [1.165, 1.54) is 28.2 Å². The SMILES string of the molecule is C[C@H](NC(=O)c1csc(Cc2ccccc2)n1)c1nnc(N)s1. The molecule has 1 aromatic carbocycles. The molecule has 0 saturated carbocycles. The van der Waals surface area contributed by atoms with Crippen LogP contribution in [0.15, 0.2) is 35.7 Å². The summed E-state index contributed by atoms with van der Waals surface area (Å²) in [5.41, 5.74) is 7.15. The monoisotopic (exact) mass is 345 g/mol. The summed E-state index contributed by atoms with van der Waals surface area (Å²) < 4.78 is 0. The van der Waals surface area contributed by atoms with Crippen LogP contribution >= 0.6 is 22.7 Å². The van der Waals surface area contributed by atoms with Crippen LogP contribution in [0.1, 0.15) is 39.0 Å². The maximum absolute atomic E-state index is 12.3. The predicted octanol–water partition coefficient (Wildman–Crippen LogP) is 2.66. The quantitative estimate of drug-likeness (QED) is 0.741. The number of benzene rings is 1. The third-order valence-electron chi connectivity index (χ3n) is 3.16. The first-order valence-corrected chi connectivity index (χ1v) is 8.69. The van der Waals surface area contributed by atoms with Crippen molar-refractivity contribution in [2.75, 3.05) is 5.73 Å². The fourth-order valence-corrected chi connectivity index (χ4v) is 3.44. The Kier molecular flexibility index (Phi) is 4.63. The summed E-state index contributed by atoms with van der Waals surface area (Å²) in [5.74, 6) is -0.221. The number of aromatic nitrogens is 3. The Balaban J connectivity index is 1.64. The van der Waals surface area contributed by atoms with Gasteiger partial charge >= 0.3 is 0 Å². The minimum Gasteiger partial charge on any atom is -0.374 e. The van der Waals surface area contributed by atoms with Crippen LogP contribution in [0.4, 0.5) is 5.13 Å². The lowest BCUT2D eigenvalue weighted by Crippen LogP contribution is -2.26. The normalized spacial score (nSPS) is 12.0. The number of thiazole rings is 1. The first-order valence-electron chi connectivity index (χ1n) is 7.00. The number of nitrogens with two attached hydrogens (primary N) is 1. The molecular formula is C15H15N5OS2. The van der Waals surface area contributed by atoms with Crippen molar-refractivity contribution >= 4 is 33.7 Å². The molecule has 8 heteroatoms. The Morgan fingerprint density at radius 2 is 2.09 bits per heavy atom. The topological polar surface area (TPSA) is 93.8 Å². The van der Waals surface area contributed by atoms with Gasteiger partial charge in [0.05, 0.1) is 11.0 Å². The van der Waals surface area contributed by atoms with Crippen LogP contribution in [0.25, 0.3) is 0 Å². The fraction of sp³-hybridized carbons (Fsp3) is 0.200. The van der Waals surface area contributed by atoms with Crippen molar-refractivity contribution < 1.29 is 4.79 Å². The molecule has 3 aromatic rings. The van der Waals surface area contributed by atoms with E-state index in [9.17, 15) is 4.79 Å². The van der Waals surface area contributed by atoms with Crippen LogP contribution in [0.2, 0.25) is 0 Å². The Morgan fingerprint density at radius 3 is 2.78 bits per heavy atom. The Labute approximate surface area is 141 Å². The van der Waals surface area contributed by atoms with Gasteiger partial charge in [0, 0.05) is 11.8 Å². The van der Waals surface area contributed by atoms with E-state index in [2.05, 4.69) is 20.5 Å². The maximum Gasteiger partial charge on any atom is 0.271 e. The number of nitrogens with one attached hydrogen (secondary N) is 1. The zero-order chi connectivity index (χ0) is 16.2. The minimum absolute atomic E-state index is 0.221. The first-order chi connectivity index (χ1) is 11.1. The van der Waals surface area contributed by atoms with Gasteiger partial charge in [-0.1, -0.05) is 41.7 Å². The van der Waals surface area contributed by atoms with E-state index < -0.39 is 0 Å². The number of anilines is 1. The zero-order valence-electron chi connectivity index (χ0n) is 12.4. The highest BCUT2D eigenvalue weighted by Gasteiger charge is 2.17. The molecule has 0 spiro atoms. The van der Waals surface area contributed by atoms with Gasteiger partial charge in [0.2, 0.25) is 5.13 Å². The molecule has 0 aliphatic rings. The lowest BCUT2D eigenvalue weighted by molar-refractivity contribution is 0.0935. The van der Waals surface area contributed by atoms with Gasteiger partial charge in [0.15, 0.2) is 0 Å². The molecule has 0 aliphatic carbocycles. The average molecular weight is 345 g/mol. The highest BCUT2D eigenvalue weighted by molar-refractivity contribution is 7.15. The van der Waals surface area contributed by atoms with Crippen LogP contribution in [-0.2, 0) is 6.42 Å². The number of amides is 1. The van der Waals surface area contributed by atoms with Crippen LogP contribution < -0.4 is 11.1 Å². The van der Waals surface area contributed by atoms with Crippen molar-refractivity contribution in [1.82, 2.24) is 20.5 Å². The van der Waals surface area contributed by atoms with E-state index in [1.54, 1.807) is 5.38 Å². The van der Waals surface area contributed by atoms with Gasteiger partial charge in [0.25, 0.3) is 5.91 Å². The Bertz CT molecular complexity index is 799. The van der Waals surface area contributed by atoms with Crippen LogP contribution in [-0.4, -0.2) is 21.1 Å². The van der Waals surface area contributed by atoms with E-state index in [0.29, 0.717) is 15.8 Å². The minimum atomic E-state index is -0.253. The molecule has 6 nitrogen and oxygen atoms in total. The number of rotatable bonds is 5. The average Bonchev–Trinajstić information content (AvgIpc) is 3.17. The van der Waals surface area contributed by atoms with E-state index in [0.717, 1.165) is 11.4 Å². The number of carbonyl (C=O) groups is 1. The summed E-state index contributed by atoms with van der Waals surface area (Å²) in [6.45, 7) is 1.84. The molecule has 23 heavy (non-hydrogen) atoms. The second-order valence-corrected chi connectivity index (χ2v) is 6.95. The molecule has 1 amide bonds. The highest BCUT2D eigenvalue weighted by atomic mass is 32.1. The van der Waals surface area contributed by atoms with Crippen molar-refractivity contribution in [1.29, 1.82) is 0 Å². The Hall–Kier alpha value is -2.32. The fourth-order valence-electron chi connectivity index (χ4n) is 2.02. The summed E-state index contributed by atoms with van der Waals surface area (Å²) in [7, 11) is 0. The van der Waals surface area contributed by atoms with Gasteiger partial charge in [-0.15, -0.1) is 21.5 Å². The Morgan fingerprint density at radius 1 is 1.30 bits per heavy atom. The molecule has 3 N–H and O–H groups in total. The molecule has 3 rings (SSSR count). The van der Waals surface area contributed by atoms with E-state index in [-0.39, 0.29) is 11.9 Å². The third-order valence-corrected chi connectivity index (χ3v) is 4.94. The van der Waals surface area contributed by atoms with Crippen molar-refractivity contribution in [3.05, 3.63) is 57.0 Å². The molecular weight excluding hydrogens is 330 g/mol. The summed E-state index contributed by atoms with van der Waals surface area (Å²) in [4.78, 5) is 16.7. The van der Waals surface area contributed by atoms with Gasteiger partial charge in [-0.05, 0) is 12.5 Å². The molecule has 1 atom stereocenters. The zero-order valence-corrected chi connectivity index (χ0v) is 14.0. The van der Waals surface area contributed by atoms with E-state index in [4.69, 9.17) is 5.73 Å². The number of hydrogen-bond donors (Lipinski definition) is 2. The van der Waals surface area contributed by atoms with Crippen LogP contribution in [0.3, 0.4) is 0 Å². The summed E-state index contributed by atoms with van der Waals surface area (Å²) in [5, 5.41) is 14.3. The second kappa shape index (κ2) is 6.84. The molecule has 0 saturated heterocycles. The van der Waals surface area contributed by atoms with Gasteiger partial charge in [0.1, 0.15) is 10.7 Å². The molecule has 2 aromatic heterocycles. The van der Waals surface area contributed by atoms with Gasteiger partial charge in [-0.3, -0.25) is 4.79 Å². The standard InChI is InChI=1S/C15H15N5OS2/c1-9(14-19-20-15(16)23-14)17-13(21)11-8-22-12(18-11)7-10-5-3-2-4-6-10/h2-6,8-9H,7H2,1H3,(H2,16,20)(H,17,21)/t9-/m0/s1. The van der Waals surface area contributed by atoms with Crippen LogP contribution in [0, 0.1) is 0 Å². The van der Waals surface area contributed by atoms with Crippen molar-refractivity contribution in [2.45, 2.75) is 19.4 Å². The maximum atomic E-state index is 12.3. The molecule has 2 heterocycles. The van der Waals surface area contributed by atoms with Crippen molar-refractivity contribution in [3.8, 4) is 0 Å². The van der Waals surface area contributed by atoms with Gasteiger partial charge in [-0.25, -0.2) is 4.98 Å². The molecule has 118 valence electrons. The number of hydrogen-bond acceptors (Lipinski definition) is 7. The van der Waals surface area contributed by atoms with Crippen molar-refractivity contribution in [2.24, 2.45) is 0 Å². The molecule has 0 aliphatic heterocycles. The number of nitrogens with zero attached hydrogens (tertiary/aromatic N) is 3. The summed E-state index contributed by atoms with van der Waals surface area (Å²) in [6.07, 6.45) is 0.723. The lowest BCUT2D eigenvalue weighted by atomic mass is 10.2. The second-order valence-electron chi connectivity index (χ2n) is 4.96. The van der Waals surface area contributed by atoms with Crippen LogP contribution in [0.5, 0.6) is 0 Å². The molecule has 0 fully saturated rings. The highest BCUT2D eigenvalue weighted by Crippen LogP contribution is 2.20. The van der Waals surface area contributed by atoms with E-state index >= 15 is 0 Å². The lowest BCUT2D eigenvalue weighted by Gasteiger charge is -2.08. The van der Waals surface area contributed by atoms with Gasteiger partial charge < -0.3 is 11.1 Å². The largest absolute Gasteiger partial charge is 0.374 e. The molecule has 0 unspecified atom stereocenters. The molecule has 0 radical (unpaired) electrons. The summed E-state index contributed by atoms with van der Waals surface area (Å²) >= 11 is 2.75. The first kappa shape index (κ1) is 15.6. The smallest absolute Gasteiger partial charge is 0.271 e. The number of carbonyl (C=O) groups excluding carboxylic acids is 1. The predicted molar refractivity (Wildman–Crippen MR) is 91.6 cm³/mol. The van der Waals surface area contributed by atoms with Gasteiger partial charge in [-0.2, -0.15) is 0 Å². The van der Waals surface area contributed by atoms with E-state index in [1.807, 2.05) is 37.3 Å². The summed E-state index contributed by atoms with van der Waals surface area (Å²) in [6, 6.07) is 9.80.